The van der Waals surface area contributed by atoms with Gasteiger partial charge in [0.2, 0.25) is 0 Å². The summed E-state index contributed by atoms with van der Waals surface area (Å²) in [6.07, 6.45) is 2.24. The van der Waals surface area contributed by atoms with E-state index in [1.807, 2.05) is 0 Å². The van der Waals surface area contributed by atoms with Crippen LogP contribution < -0.4 is 5.32 Å². The number of carbonyl (C=O) groups is 1. The van der Waals surface area contributed by atoms with E-state index >= 15 is 0 Å². The number of fused-ring (bicyclic) bond motifs is 1. The Hall–Kier alpha value is -2.86. The summed E-state index contributed by atoms with van der Waals surface area (Å²) in [5, 5.41) is 13.4. The van der Waals surface area contributed by atoms with E-state index in [0.717, 1.165) is 31.5 Å². The third-order valence-electron chi connectivity index (χ3n) is 5.37. The fraction of sp³-hybridized carbons (Fsp3) is 0.318. The number of furan rings is 1. The highest BCUT2D eigenvalue weighted by Crippen LogP contribution is 2.29. The Kier molecular flexibility index (Phi) is 5.05. The van der Waals surface area contributed by atoms with Gasteiger partial charge in [-0.2, -0.15) is 0 Å². The molecule has 1 aliphatic heterocycles. The number of amides is 1. The topological polar surface area (TPSA) is 65.7 Å². The Morgan fingerprint density at radius 2 is 1.93 bits per heavy atom. The largest absolute Gasteiger partial charge is 0.508 e. The van der Waals surface area contributed by atoms with Crippen molar-refractivity contribution in [3.8, 4) is 5.75 Å². The van der Waals surface area contributed by atoms with E-state index in [-0.39, 0.29) is 23.5 Å². The van der Waals surface area contributed by atoms with Gasteiger partial charge in [-0.3, -0.25) is 9.69 Å². The lowest BCUT2D eigenvalue weighted by molar-refractivity contribution is 0.0938. The molecule has 2 heterocycles. The van der Waals surface area contributed by atoms with Crippen molar-refractivity contribution in [2.75, 3.05) is 19.6 Å². The molecule has 0 spiro atoms. The van der Waals surface area contributed by atoms with E-state index in [2.05, 4.69) is 10.2 Å². The minimum absolute atomic E-state index is 0.0149. The molecule has 1 atom stereocenters. The highest BCUT2D eigenvalue weighted by atomic mass is 19.1. The zero-order valence-corrected chi connectivity index (χ0v) is 15.7. The van der Waals surface area contributed by atoms with Crippen LogP contribution in [-0.4, -0.2) is 35.5 Å². The average Bonchev–Trinajstić information content (AvgIpc) is 3.30. The molecule has 2 N–H and O–H groups in total. The van der Waals surface area contributed by atoms with E-state index in [1.165, 1.54) is 18.2 Å². The number of nitrogens with one attached hydrogen (secondary N) is 1. The lowest BCUT2D eigenvalue weighted by Crippen LogP contribution is -2.37. The minimum atomic E-state index is -0.270. The normalized spacial score (nSPS) is 15.8. The second-order valence-electron chi connectivity index (χ2n) is 7.23. The Morgan fingerprint density at radius 3 is 2.64 bits per heavy atom. The van der Waals surface area contributed by atoms with Gasteiger partial charge in [0.05, 0.1) is 11.6 Å². The first-order valence-corrected chi connectivity index (χ1v) is 9.53. The van der Waals surface area contributed by atoms with Crippen LogP contribution in [0.1, 0.15) is 40.6 Å². The van der Waals surface area contributed by atoms with Crippen LogP contribution in [0.3, 0.4) is 0 Å². The number of phenols is 1. The van der Waals surface area contributed by atoms with Gasteiger partial charge in [0.25, 0.3) is 5.91 Å². The van der Waals surface area contributed by atoms with E-state index in [0.29, 0.717) is 28.8 Å². The summed E-state index contributed by atoms with van der Waals surface area (Å²) in [5.74, 6) is 0.0858. The molecule has 3 aromatic rings. The number of aromatic hydroxyl groups is 1. The van der Waals surface area contributed by atoms with Crippen molar-refractivity contribution in [1.82, 2.24) is 10.2 Å². The maximum Gasteiger partial charge on any atom is 0.255 e. The van der Waals surface area contributed by atoms with E-state index < -0.39 is 0 Å². The van der Waals surface area contributed by atoms with E-state index in [1.54, 1.807) is 31.2 Å². The summed E-state index contributed by atoms with van der Waals surface area (Å²) >= 11 is 0. The number of likely N-dealkylation sites (tertiary alicyclic amines) is 1. The second kappa shape index (κ2) is 7.64. The van der Waals surface area contributed by atoms with Crippen LogP contribution >= 0.6 is 0 Å². The lowest BCUT2D eigenvalue weighted by Gasteiger charge is -2.28. The minimum Gasteiger partial charge on any atom is -0.508 e. The van der Waals surface area contributed by atoms with Crippen LogP contribution in [0.4, 0.5) is 4.39 Å². The summed E-state index contributed by atoms with van der Waals surface area (Å²) in [6.45, 7) is 4.07. The molecule has 28 heavy (non-hydrogen) atoms. The van der Waals surface area contributed by atoms with Gasteiger partial charge in [-0.15, -0.1) is 0 Å². The van der Waals surface area contributed by atoms with Crippen LogP contribution in [0.5, 0.6) is 5.75 Å². The number of phenolic OH excluding ortho intramolecular Hbond substituents is 1. The fourth-order valence-corrected chi connectivity index (χ4v) is 3.96. The number of halogens is 1. The van der Waals surface area contributed by atoms with Gasteiger partial charge >= 0.3 is 0 Å². The molecule has 1 amide bonds. The molecule has 1 saturated heterocycles. The molecule has 146 valence electrons. The average molecular weight is 382 g/mol. The molecule has 1 fully saturated rings. The Morgan fingerprint density at radius 1 is 1.21 bits per heavy atom. The summed E-state index contributed by atoms with van der Waals surface area (Å²) in [7, 11) is 0. The van der Waals surface area contributed by atoms with Gasteiger partial charge in [0.1, 0.15) is 22.9 Å². The molecular formula is C22H23FN2O3. The number of benzene rings is 2. The molecule has 0 bridgehead atoms. The standard InChI is InChI=1S/C22H23FN2O3/c1-14-21(18-12-17(26)8-9-20(18)28-14)22(27)24-13-19(25-10-2-3-11-25)15-4-6-16(23)7-5-15/h4-9,12,19,26H,2-3,10-11,13H2,1H3,(H,24,27)/t19-/m1/s1. The highest BCUT2D eigenvalue weighted by Gasteiger charge is 2.25. The maximum atomic E-state index is 13.3. The number of rotatable bonds is 5. The monoisotopic (exact) mass is 382 g/mol. The van der Waals surface area contributed by atoms with Gasteiger partial charge in [0, 0.05) is 11.9 Å². The van der Waals surface area contributed by atoms with Crippen LogP contribution in [0, 0.1) is 12.7 Å². The first-order valence-electron chi connectivity index (χ1n) is 9.53. The number of aryl methyl sites for hydroxylation is 1. The first-order chi connectivity index (χ1) is 13.5. The first kappa shape index (κ1) is 18.5. The van der Waals surface area contributed by atoms with Crippen LogP contribution in [0.15, 0.2) is 46.9 Å². The van der Waals surface area contributed by atoms with Gasteiger partial charge < -0.3 is 14.8 Å². The summed E-state index contributed by atoms with van der Waals surface area (Å²) in [6, 6.07) is 11.2. The molecule has 2 aromatic carbocycles. The third-order valence-corrected chi connectivity index (χ3v) is 5.37. The van der Waals surface area contributed by atoms with Crippen LogP contribution in [0.25, 0.3) is 11.0 Å². The number of hydrogen-bond acceptors (Lipinski definition) is 4. The zero-order valence-electron chi connectivity index (χ0n) is 15.7. The fourth-order valence-electron chi connectivity index (χ4n) is 3.96. The molecular weight excluding hydrogens is 359 g/mol. The molecule has 1 aromatic heterocycles. The zero-order chi connectivity index (χ0) is 19.7. The number of nitrogens with zero attached hydrogens (tertiary/aromatic N) is 1. The van der Waals surface area contributed by atoms with Crippen molar-refractivity contribution in [3.63, 3.8) is 0 Å². The Labute approximate surface area is 162 Å². The van der Waals surface area contributed by atoms with Gasteiger partial charge in [0.15, 0.2) is 0 Å². The van der Waals surface area contributed by atoms with Crippen molar-refractivity contribution in [2.24, 2.45) is 0 Å². The molecule has 0 unspecified atom stereocenters. The molecule has 0 radical (unpaired) electrons. The summed E-state index contributed by atoms with van der Waals surface area (Å²) < 4.78 is 19.0. The highest BCUT2D eigenvalue weighted by molar-refractivity contribution is 6.07. The van der Waals surface area contributed by atoms with Crippen LogP contribution in [-0.2, 0) is 0 Å². The van der Waals surface area contributed by atoms with Crippen LogP contribution in [0.2, 0.25) is 0 Å². The van der Waals surface area contributed by atoms with Crippen molar-refractivity contribution in [3.05, 3.63) is 65.2 Å². The number of hydrogen-bond donors (Lipinski definition) is 2. The predicted molar refractivity (Wildman–Crippen MR) is 105 cm³/mol. The second-order valence-corrected chi connectivity index (χ2v) is 7.23. The van der Waals surface area contributed by atoms with Gasteiger partial charge in [-0.25, -0.2) is 4.39 Å². The molecule has 4 rings (SSSR count). The molecule has 0 saturated carbocycles. The lowest BCUT2D eigenvalue weighted by atomic mass is 10.0. The Bertz CT molecular complexity index is 991. The van der Waals surface area contributed by atoms with E-state index in [4.69, 9.17) is 4.42 Å². The van der Waals surface area contributed by atoms with Crippen molar-refractivity contribution in [2.45, 2.75) is 25.8 Å². The van der Waals surface area contributed by atoms with Crippen molar-refractivity contribution in [1.29, 1.82) is 0 Å². The van der Waals surface area contributed by atoms with Gasteiger partial charge in [-0.1, -0.05) is 12.1 Å². The van der Waals surface area contributed by atoms with E-state index in [9.17, 15) is 14.3 Å². The summed E-state index contributed by atoms with van der Waals surface area (Å²) in [5.41, 5.74) is 1.98. The Balaban J connectivity index is 1.57. The molecule has 5 nitrogen and oxygen atoms in total. The van der Waals surface area contributed by atoms with Gasteiger partial charge in [-0.05, 0) is 68.8 Å². The molecule has 6 heteroatoms. The van der Waals surface area contributed by atoms with Crippen molar-refractivity contribution < 1.29 is 18.7 Å². The summed E-state index contributed by atoms with van der Waals surface area (Å²) in [4.78, 5) is 15.2. The molecule has 0 aliphatic carbocycles. The smallest absolute Gasteiger partial charge is 0.255 e. The maximum absolute atomic E-state index is 13.3. The molecule has 1 aliphatic rings. The number of carbonyl (C=O) groups excluding carboxylic acids is 1. The third kappa shape index (κ3) is 3.60. The quantitative estimate of drug-likeness (QED) is 0.696. The van der Waals surface area contributed by atoms with Crippen molar-refractivity contribution >= 4 is 16.9 Å². The predicted octanol–water partition coefficient (Wildman–Crippen LogP) is 4.15. The SMILES string of the molecule is Cc1oc2ccc(O)cc2c1C(=O)NC[C@H](c1ccc(F)cc1)N1CCCC1.